The van der Waals surface area contributed by atoms with Crippen LogP contribution in [0.15, 0.2) is 121 Å². The Morgan fingerprint density at radius 2 is 1.48 bits per heavy atom. The number of unbranched alkanes of at least 4 members (excludes halogenated alkanes) is 1. The molecule has 3 aromatic carbocycles. The molecule has 3 heterocycles. The summed E-state index contributed by atoms with van der Waals surface area (Å²) in [5.74, 6) is 1.36. The first-order valence-corrected chi connectivity index (χ1v) is 29.8. The zero-order chi connectivity index (χ0) is 60.3. The van der Waals surface area contributed by atoms with E-state index >= 15 is 0 Å². The Morgan fingerprint density at radius 1 is 0.798 bits per heavy atom. The highest BCUT2D eigenvalue weighted by molar-refractivity contribution is 7.13. The molecule has 1 aliphatic rings. The molecule has 4 amide bonds. The van der Waals surface area contributed by atoms with Gasteiger partial charge in [0.2, 0.25) is 24.1 Å². The first-order valence-electron chi connectivity index (χ1n) is 28.9. The second-order valence-electron chi connectivity index (χ2n) is 20.6. The van der Waals surface area contributed by atoms with Gasteiger partial charge in [-0.15, -0.1) is 16.4 Å². The maximum Gasteiger partial charge on any atom is 0.247 e. The van der Waals surface area contributed by atoms with Gasteiger partial charge in [-0.05, 0) is 114 Å². The third-order valence-electron chi connectivity index (χ3n) is 13.7. The third-order valence-corrected chi connectivity index (χ3v) is 14.6. The third kappa shape index (κ3) is 25.3. The van der Waals surface area contributed by atoms with Crippen molar-refractivity contribution < 1.29 is 42.9 Å². The molecule has 1 aliphatic heterocycles. The van der Waals surface area contributed by atoms with E-state index < -0.39 is 6.04 Å². The molecule has 20 nitrogen and oxygen atoms in total. The number of ether oxygens (including phenoxy) is 5. The SMILES string of the molecule is C=C/C=C(\C=C)CNC(=O)C(c1ccc(C)cc1)N(C(=O)CCc1ccc(OCCCCN(C)CCOCCOCCc2cn(CCOCCOc3ccc(NC=O)cc3)nn2)cc1)C(C)C.CNc1nc(CC(=O)N2CCN(C)CC2)cs1. The van der Waals surface area contributed by atoms with Crippen molar-refractivity contribution in [3.63, 3.8) is 0 Å². The van der Waals surface area contributed by atoms with Crippen molar-refractivity contribution in [2.75, 3.05) is 130 Å². The van der Waals surface area contributed by atoms with Gasteiger partial charge in [-0.25, -0.2) is 9.67 Å². The van der Waals surface area contributed by atoms with Crippen molar-refractivity contribution in [3.05, 3.63) is 149 Å². The number of carbonyl (C=O) groups excluding carboxylic acids is 4. The molecule has 3 N–H and O–H groups in total. The van der Waals surface area contributed by atoms with Crippen LogP contribution in [-0.4, -0.2) is 190 Å². The Kier molecular flexibility index (Phi) is 31.0. The minimum atomic E-state index is -0.777. The van der Waals surface area contributed by atoms with Crippen LogP contribution in [0.2, 0.25) is 0 Å². The minimum Gasteiger partial charge on any atom is -0.494 e. The highest BCUT2D eigenvalue weighted by Crippen LogP contribution is 2.26. The lowest BCUT2D eigenvalue weighted by molar-refractivity contribution is -0.142. The zero-order valence-electron chi connectivity index (χ0n) is 50.2. The Morgan fingerprint density at radius 3 is 2.14 bits per heavy atom. The Bertz CT molecular complexity index is 2750. The van der Waals surface area contributed by atoms with Gasteiger partial charge in [0.1, 0.15) is 24.1 Å². The summed E-state index contributed by atoms with van der Waals surface area (Å²) in [5, 5.41) is 19.8. The first-order chi connectivity index (χ1) is 40.8. The fraction of sp³-hybridized carbons (Fsp3) is 0.476. The lowest BCUT2D eigenvalue weighted by Gasteiger charge is -2.35. The van der Waals surface area contributed by atoms with Crippen molar-refractivity contribution in [1.29, 1.82) is 0 Å². The molecule has 0 spiro atoms. The number of nitrogens with one attached hydrogen (secondary N) is 3. The van der Waals surface area contributed by atoms with E-state index in [-0.39, 0.29) is 36.7 Å². The standard InChI is InChI=1S/C52H71N7O8.C11H18N4OS/c1-7-11-43(8-2)38-53-52(62)51(45-17-12-42(5)13-18-45)59(41(3)4)50(61)25-16-44-14-21-48(22-15-44)66-30-10-9-27-57(6)28-32-64-35-34-63-31-26-47-39-58(56-55-47)29-33-65-36-37-67-49-23-19-46(20-24-49)54-40-60;1-12-11-13-9(8-17-11)7-10(16)15-5-3-14(2)4-6-15/h7-8,11-15,17-24,39-41,51H,1-2,9-10,16,25-38H2,3-6H3,(H,53,62)(H,54,60);8H,3-7H2,1-2H3,(H,12,13)/b43-11+;. The molecule has 1 saturated heterocycles. The Balaban J connectivity index is 0.000000643. The lowest BCUT2D eigenvalue weighted by Crippen LogP contribution is -2.47. The number of allylic oxidation sites excluding steroid dienone is 2. The summed E-state index contributed by atoms with van der Waals surface area (Å²) >= 11 is 1.54. The number of benzene rings is 3. The molecule has 0 radical (unpaired) electrons. The molecule has 1 atom stereocenters. The first kappa shape index (κ1) is 67.5. The van der Waals surface area contributed by atoms with Gasteiger partial charge < -0.3 is 59.2 Å². The van der Waals surface area contributed by atoms with Crippen LogP contribution in [0.5, 0.6) is 11.5 Å². The summed E-state index contributed by atoms with van der Waals surface area (Å²) in [7, 11) is 6.02. The van der Waals surface area contributed by atoms with Crippen molar-refractivity contribution in [3.8, 4) is 11.5 Å². The maximum absolute atomic E-state index is 13.8. The number of anilines is 2. The monoisotopic (exact) mass is 1180 g/mol. The predicted molar refractivity (Wildman–Crippen MR) is 332 cm³/mol. The Hall–Kier alpha value is -7.27. The highest BCUT2D eigenvalue weighted by Gasteiger charge is 2.33. The van der Waals surface area contributed by atoms with E-state index in [2.05, 4.69) is 68.3 Å². The van der Waals surface area contributed by atoms with Crippen LogP contribution in [0.4, 0.5) is 10.8 Å². The average molecular weight is 1180 g/mol. The Labute approximate surface area is 501 Å². The van der Waals surface area contributed by atoms with E-state index in [1.807, 2.05) is 92.8 Å². The number of likely N-dealkylation sites (N-methyl/N-ethyl adjacent to an activating group) is 2. The summed E-state index contributed by atoms with van der Waals surface area (Å²) in [6.45, 7) is 23.9. The number of rotatable bonds is 38. The van der Waals surface area contributed by atoms with Gasteiger partial charge in [-0.3, -0.25) is 19.2 Å². The number of hydrogen-bond donors (Lipinski definition) is 3. The number of amides is 4. The summed E-state index contributed by atoms with van der Waals surface area (Å²) in [5.41, 5.74) is 6.13. The molecule has 0 saturated carbocycles. The molecule has 456 valence electrons. The summed E-state index contributed by atoms with van der Waals surface area (Å²) in [4.78, 5) is 62.6. The second-order valence-corrected chi connectivity index (χ2v) is 21.4. The molecule has 21 heteroatoms. The van der Waals surface area contributed by atoms with Gasteiger partial charge >= 0.3 is 0 Å². The van der Waals surface area contributed by atoms with Crippen LogP contribution in [-0.2, 0) is 59.2 Å². The van der Waals surface area contributed by atoms with Crippen LogP contribution < -0.4 is 25.4 Å². The fourth-order valence-corrected chi connectivity index (χ4v) is 9.44. The highest BCUT2D eigenvalue weighted by atomic mass is 32.1. The molecule has 84 heavy (non-hydrogen) atoms. The van der Waals surface area contributed by atoms with Gasteiger partial charge in [0, 0.05) is 82.5 Å². The van der Waals surface area contributed by atoms with E-state index in [0.717, 1.165) is 96.6 Å². The maximum atomic E-state index is 13.8. The van der Waals surface area contributed by atoms with Crippen LogP contribution >= 0.6 is 11.3 Å². The van der Waals surface area contributed by atoms with Crippen LogP contribution in [0.3, 0.4) is 0 Å². The van der Waals surface area contributed by atoms with Crippen LogP contribution in [0.1, 0.15) is 67.2 Å². The number of hydrogen-bond acceptors (Lipinski definition) is 16. The van der Waals surface area contributed by atoms with Crippen molar-refractivity contribution in [2.45, 2.75) is 77.9 Å². The molecule has 2 aromatic heterocycles. The molecular formula is C63H89N11O9S. The van der Waals surface area contributed by atoms with Gasteiger partial charge in [-0.2, -0.15) is 0 Å². The number of nitrogens with zero attached hydrogens (tertiary/aromatic N) is 8. The molecule has 0 aliphatic carbocycles. The number of carbonyl (C=O) groups is 4. The zero-order valence-corrected chi connectivity index (χ0v) is 51.0. The van der Waals surface area contributed by atoms with E-state index in [9.17, 15) is 19.2 Å². The van der Waals surface area contributed by atoms with Crippen molar-refractivity contribution in [1.82, 2.24) is 44.9 Å². The van der Waals surface area contributed by atoms with E-state index in [1.54, 1.807) is 52.1 Å². The van der Waals surface area contributed by atoms with Gasteiger partial charge in [0.05, 0.1) is 70.6 Å². The molecule has 0 bridgehead atoms. The predicted octanol–water partition coefficient (Wildman–Crippen LogP) is 7.44. The number of piperazine rings is 1. The number of aromatic nitrogens is 4. The second kappa shape index (κ2) is 38.6. The molecule has 6 rings (SSSR count). The van der Waals surface area contributed by atoms with Crippen LogP contribution in [0.25, 0.3) is 0 Å². The summed E-state index contributed by atoms with van der Waals surface area (Å²) < 4.78 is 30.6. The van der Waals surface area contributed by atoms with Gasteiger partial charge in [0.25, 0.3) is 0 Å². The summed E-state index contributed by atoms with van der Waals surface area (Å²) in [6.07, 6.45) is 11.5. The quantitative estimate of drug-likeness (QED) is 0.0199. The van der Waals surface area contributed by atoms with Gasteiger partial charge in [0.15, 0.2) is 5.13 Å². The van der Waals surface area contributed by atoms with Gasteiger partial charge in [-0.1, -0.05) is 78.6 Å². The van der Waals surface area contributed by atoms with Crippen molar-refractivity contribution >= 4 is 46.3 Å². The van der Waals surface area contributed by atoms with E-state index in [0.29, 0.717) is 96.5 Å². The number of thiazole rings is 1. The normalized spacial score (nSPS) is 13.0. The lowest BCUT2D eigenvalue weighted by atomic mass is 9.99. The number of aryl methyl sites for hydroxylation is 2. The van der Waals surface area contributed by atoms with Crippen molar-refractivity contribution in [2.24, 2.45) is 0 Å². The topological polar surface area (TPSA) is 207 Å². The van der Waals surface area contributed by atoms with E-state index in [1.165, 1.54) is 11.3 Å². The minimum absolute atomic E-state index is 0.0899. The van der Waals surface area contributed by atoms with E-state index in [4.69, 9.17) is 23.7 Å². The smallest absolute Gasteiger partial charge is 0.247 e. The summed E-state index contributed by atoms with van der Waals surface area (Å²) in [6, 6.07) is 21.8. The van der Waals surface area contributed by atoms with Crippen LogP contribution in [0, 0.1) is 6.92 Å². The average Bonchev–Trinajstić information content (AvgIpc) is 4.14. The largest absolute Gasteiger partial charge is 0.494 e. The molecular weight excluding hydrogens is 1090 g/mol. The molecule has 5 aromatic rings. The molecule has 1 unspecified atom stereocenters. The fourth-order valence-electron chi connectivity index (χ4n) is 8.77. The molecule has 1 fully saturated rings.